The summed E-state index contributed by atoms with van der Waals surface area (Å²) in [5.41, 5.74) is 2.26. The van der Waals surface area contributed by atoms with Crippen LogP contribution < -0.4 is 15.1 Å². The number of nitrogens with zero attached hydrogens (tertiary/aromatic N) is 5. The zero-order chi connectivity index (χ0) is 26.3. The van der Waals surface area contributed by atoms with Crippen molar-refractivity contribution in [1.29, 1.82) is 0 Å². The van der Waals surface area contributed by atoms with E-state index in [2.05, 4.69) is 51.1 Å². The van der Waals surface area contributed by atoms with Crippen molar-refractivity contribution in [3.63, 3.8) is 0 Å². The molecule has 0 spiro atoms. The van der Waals surface area contributed by atoms with Gasteiger partial charge in [-0.1, -0.05) is 19.9 Å². The monoisotopic (exact) mass is 528 g/mol. The smallest absolute Gasteiger partial charge is 0.227 e. The maximum absolute atomic E-state index is 13.7. The van der Waals surface area contributed by atoms with Crippen LogP contribution in [-0.2, 0) is 9.84 Å². The van der Waals surface area contributed by atoms with Gasteiger partial charge < -0.3 is 20.2 Å². The van der Waals surface area contributed by atoms with Crippen LogP contribution in [0.15, 0.2) is 36.7 Å². The lowest BCUT2D eigenvalue weighted by Crippen LogP contribution is -2.49. The fourth-order valence-electron chi connectivity index (χ4n) is 5.18. The number of benzene rings is 1. The predicted molar refractivity (Wildman–Crippen MR) is 144 cm³/mol. The van der Waals surface area contributed by atoms with Crippen LogP contribution in [0.5, 0.6) is 0 Å². The number of sulfone groups is 1. The van der Waals surface area contributed by atoms with Gasteiger partial charge in [0.15, 0.2) is 0 Å². The van der Waals surface area contributed by atoms with Crippen molar-refractivity contribution in [2.45, 2.75) is 38.5 Å². The average Bonchev–Trinajstić information content (AvgIpc) is 2.82. The number of nitrogens with one attached hydrogen (secondary N) is 1. The van der Waals surface area contributed by atoms with E-state index in [0.717, 1.165) is 16.5 Å². The lowest BCUT2D eigenvalue weighted by Gasteiger charge is -2.41. The van der Waals surface area contributed by atoms with Gasteiger partial charge in [0.1, 0.15) is 33.7 Å². The molecule has 2 aliphatic rings. The maximum atomic E-state index is 13.7. The van der Waals surface area contributed by atoms with Gasteiger partial charge in [0.25, 0.3) is 0 Å². The zero-order valence-corrected chi connectivity index (χ0v) is 22.1. The SMILES string of the molecule is CC(C)c1ccc(N2CC(CS(C)(=O)=O)C2)c2cnc(Nc3ccnc(N4CC[C@H](F)[C@@H](O)C4)n3)cc12. The second kappa shape index (κ2) is 10.0. The van der Waals surface area contributed by atoms with Gasteiger partial charge in [0.2, 0.25) is 5.95 Å². The number of hydrogen-bond donors (Lipinski definition) is 2. The Morgan fingerprint density at radius 1 is 1.11 bits per heavy atom. The number of piperidine rings is 1. The summed E-state index contributed by atoms with van der Waals surface area (Å²) >= 11 is 0. The molecule has 3 aromatic rings. The van der Waals surface area contributed by atoms with Crippen molar-refractivity contribution >= 4 is 43.9 Å². The molecule has 2 atom stereocenters. The number of anilines is 4. The molecule has 0 amide bonds. The minimum absolute atomic E-state index is 0.146. The van der Waals surface area contributed by atoms with E-state index in [4.69, 9.17) is 0 Å². The number of aliphatic hydroxyl groups is 1. The lowest BCUT2D eigenvalue weighted by atomic mass is 9.93. The van der Waals surface area contributed by atoms with E-state index in [0.29, 0.717) is 43.1 Å². The molecule has 2 N–H and O–H groups in total. The molecule has 198 valence electrons. The summed E-state index contributed by atoms with van der Waals surface area (Å²) in [7, 11) is -2.99. The number of fused-ring (bicyclic) bond motifs is 1. The van der Waals surface area contributed by atoms with Crippen molar-refractivity contribution < 1.29 is 17.9 Å². The fraction of sp³-hybridized carbons (Fsp3) is 0.500. The largest absolute Gasteiger partial charge is 0.388 e. The van der Waals surface area contributed by atoms with Gasteiger partial charge in [-0.15, -0.1) is 0 Å². The summed E-state index contributed by atoms with van der Waals surface area (Å²) in [6.07, 6.45) is 2.74. The van der Waals surface area contributed by atoms with E-state index in [-0.39, 0.29) is 24.6 Å². The van der Waals surface area contributed by atoms with Crippen molar-refractivity contribution in [3.8, 4) is 0 Å². The molecule has 5 rings (SSSR count). The third-order valence-corrected chi connectivity index (χ3v) is 8.13. The highest BCUT2D eigenvalue weighted by Crippen LogP contribution is 2.37. The molecule has 0 bridgehead atoms. The number of hydrogen-bond acceptors (Lipinski definition) is 9. The number of pyridine rings is 1. The number of alkyl halides is 1. The minimum atomic E-state index is -2.99. The molecule has 4 heterocycles. The highest BCUT2D eigenvalue weighted by atomic mass is 32.2. The van der Waals surface area contributed by atoms with Crippen LogP contribution in [0.3, 0.4) is 0 Å². The first-order valence-corrected chi connectivity index (χ1v) is 14.7. The molecule has 2 fully saturated rings. The number of aliphatic hydroxyl groups excluding tert-OH is 1. The second-order valence-electron chi connectivity index (χ2n) is 10.5. The molecule has 2 aliphatic heterocycles. The lowest BCUT2D eigenvalue weighted by molar-refractivity contribution is 0.0640. The second-order valence-corrected chi connectivity index (χ2v) is 12.7. The first-order valence-electron chi connectivity index (χ1n) is 12.6. The van der Waals surface area contributed by atoms with Crippen LogP contribution >= 0.6 is 0 Å². The summed E-state index contributed by atoms with van der Waals surface area (Å²) in [4.78, 5) is 17.5. The van der Waals surface area contributed by atoms with Gasteiger partial charge in [-0.3, -0.25) is 0 Å². The maximum Gasteiger partial charge on any atom is 0.227 e. The van der Waals surface area contributed by atoms with E-state index in [1.165, 1.54) is 11.8 Å². The number of β-amino-alcohol motifs (C(OH)–C–C–N with tert-alkyl or cyclic N) is 1. The van der Waals surface area contributed by atoms with E-state index >= 15 is 0 Å². The van der Waals surface area contributed by atoms with Crippen LogP contribution in [0.1, 0.15) is 31.7 Å². The van der Waals surface area contributed by atoms with E-state index in [1.54, 1.807) is 17.2 Å². The van der Waals surface area contributed by atoms with Crippen LogP contribution in [0.4, 0.5) is 27.7 Å². The van der Waals surface area contributed by atoms with E-state index in [1.807, 2.05) is 12.3 Å². The predicted octanol–water partition coefficient (Wildman–Crippen LogP) is 3.28. The molecule has 9 nitrogen and oxygen atoms in total. The van der Waals surface area contributed by atoms with Gasteiger partial charge >= 0.3 is 0 Å². The van der Waals surface area contributed by atoms with Crippen molar-refractivity contribution in [2.24, 2.45) is 5.92 Å². The molecule has 37 heavy (non-hydrogen) atoms. The Labute approximate surface area is 216 Å². The van der Waals surface area contributed by atoms with Crippen LogP contribution in [-0.4, -0.2) is 78.9 Å². The molecule has 11 heteroatoms. The van der Waals surface area contributed by atoms with Gasteiger partial charge in [-0.2, -0.15) is 4.98 Å². The molecule has 1 aromatic carbocycles. The first-order chi connectivity index (χ1) is 17.6. The molecule has 0 unspecified atom stereocenters. The summed E-state index contributed by atoms with van der Waals surface area (Å²) in [6.45, 7) is 6.32. The number of rotatable bonds is 7. The quantitative estimate of drug-likeness (QED) is 0.477. The van der Waals surface area contributed by atoms with Gasteiger partial charge in [0, 0.05) is 61.8 Å². The summed E-state index contributed by atoms with van der Waals surface area (Å²) in [5, 5.41) is 15.3. The van der Waals surface area contributed by atoms with Gasteiger partial charge in [-0.25, -0.2) is 22.8 Å². The van der Waals surface area contributed by atoms with Crippen molar-refractivity contribution in [1.82, 2.24) is 15.0 Å². The number of halogens is 1. The first kappa shape index (κ1) is 25.6. The Kier molecular flexibility index (Phi) is 6.93. The molecule has 2 saturated heterocycles. The van der Waals surface area contributed by atoms with Crippen molar-refractivity contribution in [2.75, 3.05) is 53.3 Å². The van der Waals surface area contributed by atoms with Gasteiger partial charge in [-0.05, 0) is 41.5 Å². The van der Waals surface area contributed by atoms with Gasteiger partial charge in [0.05, 0.1) is 5.75 Å². The minimum Gasteiger partial charge on any atom is -0.388 e. The third kappa shape index (κ3) is 5.62. The summed E-state index contributed by atoms with van der Waals surface area (Å²) in [5.74, 6) is 2.29. The van der Waals surface area contributed by atoms with E-state index in [9.17, 15) is 17.9 Å². The summed E-state index contributed by atoms with van der Waals surface area (Å²) in [6, 6.07) is 8.00. The highest BCUT2D eigenvalue weighted by molar-refractivity contribution is 7.90. The Morgan fingerprint density at radius 2 is 1.89 bits per heavy atom. The average molecular weight is 529 g/mol. The van der Waals surface area contributed by atoms with Crippen LogP contribution in [0, 0.1) is 5.92 Å². The topological polar surface area (TPSA) is 112 Å². The number of aromatic nitrogens is 3. The third-order valence-electron chi connectivity index (χ3n) is 7.05. The zero-order valence-electron chi connectivity index (χ0n) is 21.3. The molecule has 0 aliphatic carbocycles. The molecular formula is C26H33FN6O3S. The molecule has 0 radical (unpaired) electrons. The molecule has 0 saturated carbocycles. The fourth-order valence-corrected chi connectivity index (χ4v) is 6.25. The van der Waals surface area contributed by atoms with Crippen LogP contribution in [0.2, 0.25) is 0 Å². The Hall–Kier alpha value is -3.05. The summed E-state index contributed by atoms with van der Waals surface area (Å²) < 4.78 is 37.0. The molecule has 2 aromatic heterocycles. The highest BCUT2D eigenvalue weighted by Gasteiger charge is 2.31. The Morgan fingerprint density at radius 3 is 2.59 bits per heavy atom. The van der Waals surface area contributed by atoms with Crippen LogP contribution in [0.25, 0.3) is 10.8 Å². The van der Waals surface area contributed by atoms with Crippen molar-refractivity contribution in [3.05, 3.63) is 42.2 Å². The Balaban J connectivity index is 1.39. The normalized spacial score (nSPS) is 20.9. The van der Waals surface area contributed by atoms with E-state index < -0.39 is 22.1 Å². The Bertz CT molecular complexity index is 1400. The molecular weight excluding hydrogens is 495 g/mol. The standard InChI is InChI=1S/C26H33FN6O3S/c1-16(2)18-4-5-22(33-12-17(13-33)15-37(3,35)36)20-11-29-25(10-19(18)20)30-24-6-8-28-26(31-24)32-9-7-21(27)23(34)14-32/h4-6,8,10-11,16-17,21,23,34H,7,9,12-15H2,1-3H3,(H,28,29,30,31)/t21-,23-/m0/s1.